The van der Waals surface area contributed by atoms with Crippen molar-refractivity contribution in [3.05, 3.63) is 0 Å². The van der Waals surface area contributed by atoms with Crippen LogP contribution in [0.25, 0.3) is 0 Å². The molecule has 1 spiro atoms. The third-order valence-corrected chi connectivity index (χ3v) is 3.41. The Hall–Kier alpha value is -1.30. The summed E-state index contributed by atoms with van der Waals surface area (Å²) in [5, 5.41) is 10.3. The molecule has 2 rings (SSSR count). The van der Waals surface area contributed by atoms with Gasteiger partial charge in [-0.15, -0.1) is 0 Å². The number of urea groups is 1. The van der Waals surface area contributed by atoms with Gasteiger partial charge in [0.15, 0.2) is 0 Å². The molecule has 1 aliphatic heterocycles. The zero-order chi connectivity index (χ0) is 12.8. The van der Waals surface area contributed by atoms with Crippen LogP contribution in [0.1, 0.15) is 26.7 Å². The van der Waals surface area contributed by atoms with Gasteiger partial charge in [-0.2, -0.15) is 5.06 Å². The smallest absolute Gasteiger partial charge is 0.346 e. The molecule has 6 heteroatoms. The molecule has 96 valence electrons. The maximum atomic E-state index is 11.6. The molecule has 1 saturated heterocycles. The van der Waals surface area contributed by atoms with Gasteiger partial charge in [-0.25, -0.2) is 4.79 Å². The molecule has 2 amide bonds. The Morgan fingerprint density at radius 2 is 2.12 bits per heavy atom. The highest BCUT2D eigenvalue weighted by Gasteiger charge is 2.59. The van der Waals surface area contributed by atoms with Gasteiger partial charge in [0.2, 0.25) is 6.23 Å². The van der Waals surface area contributed by atoms with E-state index in [-0.39, 0.29) is 11.3 Å². The number of ether oxygens (including phenoxy) is 1. The number of carbonyl (C=O) groups excluding carboxylic acids is 2. The number of carbonyl (C=O) groups is 2. The summed E-state index contributed by atoms with van der Waals surface area (Å²) in [7, 11) is 1.63. The quantitative estimate of drug-likeness (QED) is 0.580. The van der Waals surface area contributed by atoms with Gasteiger partial charge < -0.3 is 9.64 Å². The molecule has 0 bridgehead atoms. The molecule has 0 aromatic carbocycles. The molecular formula is C11H18N2O4. The van der Waals surface area contributed by atoms with Crippen LogP contribution in [0.2, 0.25) is 0 Å². The van der Waals surface area contributed by atoms with Crippen molar-refractivity contribution in [3.8, 4) is 0 Å². The van der Waals surface area contributed by atoms with Crippen LogP contribution in [0.4, 0.5) is 4.79 Å². The van der Waals surface area contributed by atoms with Crippen LogP contribution >= 0.6 is 0 Å². The maximum Gasteiger partial charge on any atom is 0.346 e. The van der Waals surface area contributed by atoms with Gasteiger partial charge >= 0.3 is 12.0 Å². The molecule has 0 aromatic heterocycles. The second-order valence-electron chi connectivity index (χ2n) is 5.29. The van der Waals surface area contributed by atoms with Gasteiger partial charge in [0.05, 0.1) is 5.92 Å². The van der Waals surface area contributed by atoms with Gasteiger partial charge in [-0.3, -0.25) is 10.0 Å². The lowest BCUT2D eigenvalue weighted by Gasteiger charge is -2.41. The Morgan fingerprint density at radius 1 is 1.53 bits per heavy atom. The number of esters is 1. The van der Waals surface area contributed by atoms with Crippen LogP contribution in [0.15, 0.2) is 0 Å². The topological polar surface area (TPSA) is 70.1 Å². The molecule has 1 atom stereocenters. The highest BCUT2D eigenvalue weighted by Crippen LogP contribution is 2.53. The van der Waals surface area contributed by atoms with E-state index in [0.29, 0.717) is 11.6 Å². The summed E-state index contributed by atoms with van der Waals surface area (Å²) in [5.41, 5.74) is -0.276. The monoisotopic (exact) mass is 242 g/mol. The van der Waals surface area contributed by atoms with Crippen molar-refractivity contribution in [2.24, 2.45) is 11.3 Å². The highest BCUT2D eigenvalue weighted by molar-refractivity contribution is 5.76. The minimum Gasteiger partial charge on any atom is -0.438 e. The summed E-state index contributed by atoms with van der Waals surface area (Å²) >= 11 is 0. The number of hydroxylamine groups is 2. The summed E-state index contributed by atoms with van der Waals surface area (Å²) in [4.78, 5) is 24.6. The number of nitrogens with zero attached hydrogens (tertiary/aromatic N) is 2. The van der Waals surface area contributed by atoms with Crippen molar-refractivity contribution >= 4 is 12.0 Å². The van der Waals surface area contributed by atoms with Gasteiger partial charge in [-0.05, 0) is 12.8 Å². The molecular weight excluding hydrogens is 224 g/mol. The fourth-order valence-electron chi connectivity index (χ4n) is 2.14. The minimum atomic E-state index is -0.832. The summed E-state index contributed by atoms with van der Waals surface area (Å²) in [6, 6.07) is -0.524. The lowest BCUT2D eigenvalue weighted by atomic mass is 10.0. The Bertz CT molecular complexity index is 351. The first kappa shape index (κ1) is 12.2. The molecule has 1 heterocycles. The number of hydrogen-bond donors (Lipinski definition) is 1. The van der Waals surface area contributed by atoms with Crippen molar-refractivity contribution in [2.45, 2.75) is 32.9 Å². The van der Waals surface area contributed by atoms with Crippen LogP contribution < -0.4 is 0 Å². The fourth-order valence-corrected chi connectivity index (χ4v) is 2.14. The zero-order valence-electron chi connectivity index (χ0n) is 10.3. The third-order valence-electron chi connectivity index (χ3n) is 3.41. The first-order valence-electron chi connectivity index (χ1n) is 5.81. The van der Waals surface area contributed by atoms with E-state index >= 15 is 0 Å². The number of rotatable bonds is 2. The third kappa shape index (κ3) is 1.97. The van der Waals surface area contributed by atoms with Crippen LogP contribution in [0.5, 0.6) is 0 Å². The fraction of sp³-hybridized carbons (Fsp3) is 0.818. The minimum absolute atomic E-state index is 0.269. The van der Waals surface area contributed by atoms with Crippen molar-refractivity contribution in [2.75, 3.05) is 13.6 Å². The molecule has 2 fully saturated rings. The van der Waals surface area contributed by atoms with E-state index in [1.54, 1.807) is 20.9 Å². The Morgan fingerprint density at radius 3 is 2.59 bits per heavy atom. The molecule has 1 saturated carbocycles. The van der Waals surface area contributed by atoms with Crippen molar-refractivity contribution in [1.29, 1.82) is 0 Å². The van der Waals surface area contributed by atoms with Gasteiger partial charge in [0.25, 0.3) is 0 Å². The van der Waals surface area contributed by atoms with Crippen LogP contribution in [0.3, 0.4) is 0 Å². The van der Waals surface area contributed by atoms with Crippen LogP contribution in [-0.2, 0) is 9.53 Å². The number of amides is 2. The molecule has 1 unspecified atom stereocenters. The SMILES string of the molecule is CC(C)C(=O)OC1N(O)C(=O)N(C)CC12CC2. The van der Waals surface area contributed by atoms with Crippen molar-refractivity contribution in [1.82, 2.24) is 9.96 Å². The summed E-state index contributed by atoms with van der Waals surface area (Å²) in [5.74, 6) is -0.661. The molecule has 0 radical (unpaired) electrons. The zero-order valence-corrected chi connectivity index (χ0v) is 10.3. The molecule has 1 aliphatic carbocycles. The predicted octanol–water partition coefficient (Wildman–Crippen LogP) is 1.05. The van der Waals surface area contributed by atoms with Crippen LogP contribution in [0, 0.1) is 11.3 Å². The number of hydrogen-bond acceptors (Lipinski definition) is 4. The van der Waals surface area contributed by atoms with Gasteiger partial charge in [0, 0.05) is 19.0 Å². The molecule has 17 heavy (non-hydrogen) atoms. The molecule has 0 aromatic rings. The molecule has 2 aliphatic rings. The van der Waals surface area contributed by atoms with E-state index in [1.807, 2.05) is 0 Å². The van der Waals surface area contributed by atoms with Crippen molar-refractivity contribution < 1.29 is 19.5 Å². The normalized spacial score (nSPS) is 26.6. The Balaban J connectivity index is 2.14. The predicted molar refractivity (Wildman–Crippen MR) is 58.0 cm³/mol. The second kappa shape index (κ2) is 3.87. The van der Waals surface area contributed by atoms with E-state index in [2.05, 4.69) is 0 Å². The van der Waals surface area contributed by atoms with E-state index in [9.17, 15) is 14.8 Å². The van der Waals surface area contributed by atoms with E-state index in [1.165, 1.54) is 4.90 Å². The van der Waals surface area contributed by atoms with Crippen molar-refractivity contribution in [3.63, 3.8) is 0 Å². The average Bonchev–Trinajstić information content (AvgIpc) is 3.02. The summed E-state index contributed by atoms with van der Waals surface area (Å²) < 4.78 is 5.25. The van der Waals surface area contributed by atoms with E-state index in [4.69, 9.17) is 4.74 Å². The van der Waals surface area contributed by atoms with Gasteiger partial charge in [0.1, 0.15) is 0 Å². The first-order chi connectivity index (χ1) is 7.87. The van der Waals surface area contributed by atoms with Crippen LogP contribution in [-0.4, -0.2) is 47.0 Å². The van der Waals surface area contributed by atoms with E-state index < -0.39 is 18.2 Å². The summed E-state index contributed by atoms with van der Waals surface area (Å²) in [6.07, 6.45) is 0.885. The first-order valence-corrected chi connectivity index (χ1v) is 5.81. The Labute approximate surface area is 100 Å². The Kier molecular flexibility index (Phi) is 2.77. The second-order valence-corrected chi connectivity index (χ2v) is 5.29. The highest BCUT2D eigenvalue weighted by atomic mass is 16.6. The van der Waals surface area contributed by atoms with Gasteiger partial charge in [-0.1, -0.05) is 13.8 Å². The standard InChI is InChI=1S/C11H18N2O4/c1-7(2)8(14)17-9-11(4-5-11)6-12(3)10(15)13(9)16/h7,9,16H,4-6H2,1-3H3. The summed E-state index contributed by atoms with van der Waals surface area (Å²) in [6.45, 7) is 3.97. The lowest BCUT2D eigenvalue weighted by Crippen LogP contribution is -2.59. The van der Waals surface area contributed by atoms with E-state index in [0.717, 1.165) is 12.8 Å². The lowest BCUT2D eigenvalue weighted by molar-refractivity contribution is -0.227. The average molecular weight is 242 g/mol. The molecule has 6 nitrogen and oxygen atoms in total. The molecule has 1 N–H and O–H groups in total. The maximum absolute atomic E-state index is 11.6. The largest absolute Gasteiger partial charge is 0.438 e.